The van der Waals surface area contributed by atoms with E-state index in [-0.39, 0.29) is 12.6 Å². The Morgan fingerprint density at radius 1 is 1.44 bits per heavy atom. The second-order valence-corrected chi connectivity index (χ2v) is 5.10. The van der Waals surface area contributed by atoms with Crippen molar-refractivity contribution in [1.29, 1.82) is 0 Å². The molecule has 0 saturated carbocycles. The lowest BCUT2D eigenvalue weighted by Crippen LogP contribution is -2.33. The molecule has 0 aliphatic carbocycles. The summed E-state index contributed by atoms with van der Waals surface area (Å²) < 4.78 is 0. The molecule has 18 heavy (non-hydrogen) atoms. The molecule has 2 aromatic rings. The minimum atomic E-state index is 0.159. The molecule has 3 N–H and O–H groups in total. The van der Waals surface area contributed by atoms with Gasteiger partial charge in [-0.2, -0.15) is 0 Å². The van der Waals surface area contributed by atoms with E-state index in [9.17, 15) is 5.11 Å². The highest BCUT2D eigenvalue weighted by atomic mass is 16.3. The number of nitrogens with zero attached hydrogens (tertiary/aromatic N) is 1. The van der Waals surface area contributed by atoms with Crippen molar-refractivity contribution in [3.05, 3.63) is 30.1 Å². The van der Waals surface area contributed by atoms with Crippen LogP contribution in [0.4, 0.5) is 0 Å². The highest BCUT2D eigenvalue weighted by molar-refractivity contribution is 5.79. The van der Waals surface area contributed by atoms with E-state index in [0.29, 0.717) is 5.92 Å². The number of aliphatic hydroxyl groups is 1. The standard InChI is InChI=1S/C14H21N3O/c1-10(2)6-12(9-18)16-7-11-8-17-14-13(11)4-3-5-15-14/h3-5,8,10,12,16,18H,6-7,9H2,1-2H3,(H,15,17). The van der Waals surface area contributed by atoms with Crippen LogP contribution in [0, 0.1) is 5.92 Å². The molecule has 0 amide bonds. The van der Waals surface area contributed by atoms with E-state index in [2.05, 4.69) is 35.2 Å². The predicted octanol–water partition coefficient (Wildman–Crippen LogP) is 2.06. The zero-order valence-corrected chi connectivity index (χ0v) is 11.0. The lowest BCUT2D eigenvalue weighted by atomic mass is 10.0. The van der Waals surface area contributed by atoms with Gasteiger partial charge in [0.25, 0.3) is 0 Å². The van der Waals surface area contributed by atoms with Crippen LogP contribution in [0.2, 0.25) is 0 Å². The number of aliphatic hydroxyl groups excluding tert-OH is 1. The second-order valence-electron chi connectivity index (χ2n) is 5.10. The first-order valence-electron chi connectivity index (χ1n) is 6.46. The van der Waals surface area contributed by atoms with Crippen LogP contribution in [-0.4, -0.2) is 27.7 Å². The van der Waals surface area contributed by atoms with Gasteiger partial charge >= 0.3 is 0 Å². The van der Waals surface area contributed by atoms with E-state index in [4.69, 9.17) is 0 Å². The number of hydrogen-bond acceptors (Lipinski definition) is 3. The van der Waals surface area contributed by atoms with Crippen molar-refractivity contribution in [1.82, 2.24) is 15.3 Å². The number of rotatable bonds is 6. The molecule has 0 fully saturated rings. The molecule has 0 aliphatic heterocycles. The number of H-pyrrole nitrogens is 1. The van der Waals surface area contributed by atoms with E-state index >= 15 is 0 Å². The van der Waals surface area contributed by atoms with Crippen LogP contribution in [0.5, 0.6) is 0 Å². The topological polar surface area (TPSA) is 60.9 Å². The minimum absolute atomic E-state index is 0.159. The zero-order chi connectivity index (χ0) is 13.0. The third-order valence-electron chi connectivity index (χ3n) is 3.09. The summed E-state index contributed by atoms with van der Waals surface area (Å²) in [5.41, 5.74) is 2.11. The Morgan fingerprint density at radius 3 is 3.00 bits per heavy atom. The highest BCUT2D eigenvalue weighted by Crippen LogP contribution is 2.15. The number of aromatic nitrogens is 2. The zero-order valence-electron chi connectivity index (χ0n) is 11.0. The van der Waals surface area contributed by atoms with Gasteiger partial charge in [0.05, 0.1) is 6.61 Å². The van der Waals surface area contributed by atoms with E-state index in [1.165, 1.54) is 5.56 Å². The molecule has 1 unspecified atom stereocenters. The summed E-state index contributed by atoms with van der Waals surface area (Å²) in [5.74, 6) is 0.583. The van der Waals surface area contributed by atoms with Crippen molar-refractivity contribution in [3.63, 3.8) is 0 Å². The molecule has 2 aromatic heterocycles. The Hall–Kier alpha value is -1.39. The molecule has 0 bridgehead atoms. The van der Waals surface area contributed by atoms with Crippen LogP contribution < -0.4 is 5.32 Å². The molecule has 0 radical (unpaired) electrons. The van der Waals surface area contributed by atoms with Crippen molar-refractivity contribution in [2.75, 3.05) is 6.61 Å². The van der Waals surface area contributed by atoms with E-state index in [1.54, 1.807) is 6.20 Å². The fourth-order valence-corrected chi connectivity index (χ4v) is 2.20. The third-order valence-corrected chi connectivity index (χ3v) is 3.09. The first-order valence-corrected chi connectivity index (χ1v) is 6.46. The number of pyridine rings is 1. The Balaban J connectivity index is 2.01. The summed E-state index contributed by atoms with van der Waals surface area (Å²) in [6, 6.07) is 4.16. The maximum Gasteiger partial charge on any atom is 0.137 e. The molecular formula is C14H21N3O. The van der Waals surface area contributed by atoms with E-state index in [0.717, 1.165) is 24.0 Å². The summed E-state index contributed by atoms with van der Waals surface area (Å²) in [5, 5.41) is 13.9. The van der Waals surface area contributed by atoms with Crippen LogP contribution in [0.15, 0.2) is 24.5 Å². The third kappa shape index (κ3) is 3.09. The second kappa shape index (κ2) is 5.98. The van der Waals surface area contributed by atoms with Crippen molar-refractivity contribution >= 4 is 11.0 Å². The van der Waals surface area contributed by atoms with Crippen molar-refractivity contribution in [2.24, 2.45) is 5.92 Å². The van der Waals surface area contributed by atoms with Crippen molar-refractivity contribution in [3.8, 4) is 0 Å². The monoisotopic (exact) mass is 247 g/mol. The molecule has 1 atom stereocenters. The Kier molecular flexibility index (Phi) is 4.33. The summed E-state index contributed by atoms with van der Waals surface area (Å²) in [6.07, 6.45) is 4.75. The molecule has 2 heterocycles. The molecule has 0 spiro atoms. The van der Waals surface area contributed by atoms with E-state index in [1.807, 2.05) is 12.3 Å². The van der Waals surface area contributed by atoms with Crippen LogP contribution in [0.25, 0.3) is 11.0 Å². The van der Waals surface area contributed by atoms with Gasteiger partial charge in [-0.3, -0.25) is 0 Å². The van der Waals surface area contributed by atoms with E-state index < -0.39 is 0 Å². The van der Waals surface area contributed by atoms with Gasteiger partial charge in [0.2, 0.25) is 0 Å². The SMILES string of the molecule is CC(C)CC(CO)NCc1c[nH]c2ncccc12. The molecule has 98 valence electrons. The number of aromatic amines is 1. The normalized spacial score (nSPS) is 13.3. The fourth-order valence-electron chi connectivity index (χ4n) is 2.20. The molecule has 4 nitrogen and oxygen atoms in total. The molecule has 4 heteroatoms. The van der Waals surface area contributed by atoms with Crippen molar-refractivity contribution in [2.45, 2.75) is 32.9 Å². The first-order chi connectivity index (χ1) is 8.70. The van der Waals surface area contributed by atoms with Gasteiger partial charge < -0.3 is 15.4 Å². The molecule has 0 aromatic carbocycles. The van der Waals surface area contributed by atoms with Crippen LogP contribution in [0.3, 0.4) is 0 Å². The van der Waals surface area contributed by atoms with Gasteiger partial charge in [-0.15, -0.1) is 0 Å². The summed E-state index contributed by atoms with van der Waals surface area (Å²) >= 11 is 0. The largest absolute Gasteiger partial charge is 0.395 e. The Morgan fingerprint density at radius 2 is 2.28 bits per heavy atom. The molecular weight excluding hydrogens is 226 g/mol. The van der Waals surface area contributed by atoms with Gasteiger partial charge in [-0.25, -0.2) is 4.98 Å². The summed E-state index contributed by atoms with van der Waals surface area (Å²) in [6.45, 7) is 5.27. The summed E-state index contributed by atoms with van der Waals surface area (Å²) in [7, 11) is 0. The van der Waals surface area contributed by atoms with Crippen LogP contribution in [0.1, 0.15) is 25.8 Å². The van der Waals surface area contributed by atoms with Crippen LogP contribution in [-0.2, 0) is 6.54 Å². The lowest BCUT2D eigenvalue weighted by Gasteiger charge is -2.17. The number of hydrogen-bond donors (Lipinski definition) is 3. The number of fused-ring (bicyclic) bond motifs is 1. The number of nitrogens with one attached hydrogen (secondary N) is 2. The first kappa shape index (κ1) is 13.1. The average molecular weight is 247 g/mol. The smallest absolute Gasteiger partial charge is 0.137 e. The van der Waals surface area contributed by atoms with Gasteiger partial charge in [0, 0.05) is 30.4 Å². The average Bonchev–Trinajstić information content (AvgIpc) is 2.77. The van der Waals surface area contributed by atoms with Crippen molar-refractivity contribution < 1.29 is 5.11 Å². The van der Waals surface area contributed by atoms with Gasteiger partial charge in [0.1, 0.15) is 5.65 Å². The lowest BCUT2D eigenvalue weighted by molar-refractivity contribution is 0.223. The quantitative estimate of drug-likeness (QED) is 0.732. The molecule has 0 aliphatic rings. The van der Waals surface area contributed by atoms with Gasteiger partial charge in [0.15, 0.2) is 0 Å². The highest BCUT2D eigenvalue weighted by Gasteiger charge is 2.10. The predicted molar refractivity (Wildman–Crippen MR) is 73.3 cm³/mol. The maximum atomic E-state index is 9.33. The van der Waals surface area contributed by atoms with Gasteiger partial charge in [-0.1, -0.05) is 13.8 Å². The minimum Gasteiger partial charge on any atom is -0.395 e. The summed E-state index contributed by atoms with van der Waals surface area (Å²) in [4.78, 5) is 7.42. The molecule has 0 saturated heterocycles. The maximum absolute atomic E-state index is 9.33. The van der Waals surface area contributed by atoms with Crippen LogP contribution >= 0.6 is 0 Å². The molecule has 2 rings (SSSR count). The Bertz CT molecular complexity index is 492. The fraction of sp³-hybridized carbons (Fsp3) is 0.500. The van der Waals surface area contributed by atoms with Gasteiger partial charge in [-0.05, 0) is 30.0 Å². The Labute approximate surface area is 107 Å².